The van der Waals surface area contributed by atoms with Crippen molar-refractivity contribution in [2.24, 2.45) is 5.92 Å². The highest BCUT2D eigenvalue weighted by Gasteiger charge is 2.30. The van der Waals surface area contributed by atoms with Crippen molar-refractivity contribution in [1.82, 2.24) is 5.32 Å². The van der Waals surface area contributed by atoms with E-state index in [1.165, 1.54) is 43.4 Å². The lowest BCUT2D eigenvalue weighted by Gasteiger charge is -2.17. The van der Waals surface area contributed by atoms with Gasteiger partial charge in [0.2, 0.25) is 0 Å². The predicted octanol–water partition coefficient (Wildman–Crippen LogP) is 2.81. The third-order valence-corrected chi connectivity index (χ3v) is 4.04. The van der Waals surface area contributed by atoms with E-state index in [2.05, 4.69) is 17.4 Å². The molecule has 1 aliphatic carbocycles. The summed E-state index contributed by atoms with van der Waals surface area (Å²) >= 11 is 6.02. The van der Waals surface area contributed by atoms with E-state index in [4.69, 9.17) is 11.6 Å². The van der Waals surface area contributed by atoms with Crippen LogP contribution in [0.15, 0.2) is 18.2 Å². The zero-order valence-electron chi connectivity index (χ0n) is 8.80. The highest BCUT2D eigenvalue weighted by molar-refractivity contribution is 6.30. The molecule has 0 aromatic heterocycles. The zero-order chi connectivity index (χ0) is 10.3. The molecule has 1 fully saturated rings. The second-order valence-corrected chi connectivity index (χ2v) is 5.22. The molecule has 1 aromatic rings. The molecule has 1 aliphatic heterocycles. The molecule has 1 heterocycles. The fourth-order valence-electron chi connectivity index (χ4n) is 3.02. The van der Waals surface area contributed by atoms with Gasteiger partial charge in [-0.05, 0) is 61.4 Å². The number of hydrogen-bond acceptors (Lipinski definition) is 1. The number of rotatable bonds is 1. The summed E-state index contributed by atoms with van der Waals surface area (Å²) in [5.41, 5.74) is 2.99. The molecule has 80 valence electrons. The van der Waals surface area contributed by atoms with Crippen molar-refractivity contribution in [3.63, 3.8) is 0 Å². The second kappa shape index (κ2) is 3.80. The van der Waals surface area contributed by atoms with Crippen molar-refractivity contribution in [2.75, 3.05) is 6.54 Å². The highest BCUT2D eigenvalue weighted by atomic mass is 35.5. The Labute approximate surface area is 95.8 Å². The Kier molecular flexibility index (Phi) is 2.45. The third kappa shape index (κ3) is 1.79. The van der Waals surface area contributed by atoms with E-state index in [-0.39, 0.29) is 0 Å². The first-order chi connectivity index (χ1) is 7.33. The maximum atomic E-state index is 6.02. The number of nitrogens with one attached hydrogen (secondary N) is 1. The normalized spacial score (nSPS) is 29.4. The van der Waals surface area contributed by atoms with Gasteiger partial charge in [0.25, 0.3) is 0 Å². The van der Waals surface area contributed by atoms with Crippen LogP contribution in [0.4, 0.5) is 0 Å². The van der Waals surface area contributed by atoms with Crippen molar-refractivity contribution in [2.45, 2.75) is 31.7 Å². The molecule has 0 radical (unpaired) electrons. The number of benzene rings is 1. The van der Waals surface area contributed by atoms with Gasteiger partial charge in [0.15, 0.2) is 0 Å². The molecule has 0 saturated carbocycles. The second-order valence-electron chi connectivity index (χ2n) is 4.78. The lowest BCUT2D eigenvalue weighted by atomic mass is 9.95. The largest absolute Gasteiger partial charge is 0.314 e. The van der Waals surface area contributed by atoms with E-state index in [0.717, 1.165) is 17.0 Å². The number of hydrogen-bond donors (Lipinski definition) is 1. The summed E-state index contributed by atoms with van der Waals surface area (Å²) in [7, 11) is 0. The van der Waals surface area contributed by atoms with Crippen molar-refractivity contribution in [1.29, 1.82) is 0 Å². The van der Waals surface area contributed by atoms with Gasteiger partial charge in [-0.15, -0.1) is 0 Å². The predicted molar refractivity (Wildman–Crippen MR) is 63.4 cm³/mol. The third-order valence-electron chi connectivity index (χ3n) is 3.80. The van der Waals surface area contributed by atoms with Gasteiger partial charge in [0.1, 0.15) is 0 Å². The van der Waals surface area contributed by atoms with Crippen molar-refractivity contribution >= 4 is 11.6 Å². The van der Waals surface area contributed by atoms with E-state index in [9.17, 15) is 0 Å². The van der Waals surface area contributed by atoms with Gasteiger partial charge in [0, 0.05) is 11.1 Å². The molecular weight excluding hydrogens is 206 g/mol. The molecule has 15 heavy (non-hydrogen) atoms. The molecule has 1 nitrogen and oxygen atoms in total. The molecule has 2 atom stereocenters. The molecule has 0 spiro atoms. The van der Waals surface area contributed by atoms with Crippen LogP contribution >= 0.6 is 11.6 Å². The average molecular weight is 222 g/mol. The quantitative estimate of drug-likeness (QED) is 0.769. The molecule has 3 rings (SSSR count). The van der Waals surface area contributed by atoms with Crippen LogP contribution in [0.25, 0.3) is 0 Å². The minimum Gasteiger partial charge on any atom is -0.314 e. The summed E-state index contributed by atoms with van der Waals surface area (Å²) in [5, 5.41) is 4.50. The van der Waals surface area contributed by atoms with E-state index < -0.39 is 0 Å². The van der Waals surface area contributed by atoms with Gasteiger partial charge >= 0.3 is 0 Å². The van der Waals surface area contributed by atoms with Crippen LogP contribution in [0.3, 0.4) is 0 Å². The molecule has 2 unspecified atom stereocenters. The Bertz CT molecular complexity index is 369. The molecule has 2 heteroatoms. The van der Waals surface area contributed by atoms with Gasteiger partial charge < -0.3 is 5.32 Å². The Morgan fingerprint density at radius 1 is 1.20 bits per heavy atom. The fourth-order valence-corrected chi connectivity index (χ4v) is 3.21. The molecule has 1 N–H and O–H groups in total. The van der Waals surface area contributed by atoms with Gasteiger partial charge in [-0.2, -0.15) is 0 Å². The fraction of sp³-hybridized carbons (Fsp3) is 0.538. The van der Waals surface area contributed by atoms with Crippen LogP contribution < -0.4 is 5.32 Å². The maximum absolute atomic E-state index is 6.02. The highest BCUT2D eigenvalue weighted by Crippen LogP contribution is 2.32. The van der Waals surface area contributed by atoms with Gasteiger partial charge in [-0.25, -0.2) is 0 Å². The average Bonchev–Trinajstić information content (AvgIpc) is 2.84. The van der Waals surface area contributed by atoms with Crippen LogP contribution in [0.5, 0.6) is 0 Å². The molecule has 1 aromatic carbocycles. The van der Waals surface area contributed by atoms with E-state index in [0.29, 0.717) is 0 Å². The molecule has 0 amide bonds. The Morgan fingerprint density at radius 2 is 2.07 bits per heavy atom. The van der Waals surface area contributed by atoms with Crippen molar-refractivity contribution in [3.8, 4) is 0 Å². The van der Waals surface area contributed by atoms with Crippen molar-refractivity contribution in [3.05, 3.63) is 34.3 Å². The van der Waals surface area contributed by atoms with Crippen LogP contribution in [0, 0.1) is 5.92 Å². The van der Waals surface area contributed by atoms with Crippen LogP contribution in [0.2, 0.25) is 5.02 Å². The van der Waals surface area contributed by atoms with E-state index >= 15 is 0 Å². The molecule has 0 bridgehead atoms. The van der Waals surface area contributed by atoms with Crippen LogP contribution in [-0.2, 0) is 12.8 Å². The summed E-state index contributed by atoms with van der Waals surface area (Å²) in [6.45, 7) is 1.21. The summed E-state index contributed by atoms with van der Waals surface area (Å²) in [6, 6.07) is 7.11. The monoisotopic (exact) mass is 221 g/mol. The van der Waals surface area contributed by atoms with Crippen LogP contribution in [-0.4, -0.2) is 12.6 Å². The summed E-state index contributed by atoms with van der Waals surface area (Å²) in [5.74, 6) is 0.806. The Morgan fingerprint density at radius 3 is 2.87 bits per heavy atom. The first kappa shape index (κ1) is 9.68. The molecule has 1 saturated heterocycles. The maximum Gasteiger partial charge on any atom is 0.0408 e. The summed E-state index contributed by atoms with van der Waals surface area (Å²) < 4.78 is 0. The van der Waals surface area contributed by atoms with E-state index in [1.807, 2.05) is 6.07 Å². The number of halogens is 1. The standard InChI is InChI=1S/C13H16ClN/c14-12-4-3-9-6-11(7-10(9)8-12)13-2-1-5-15-13/h3-4,8,11,13,15H,1-2,5-7H2. The van der Waals surface area contributed by atoms with Crippen LogP contribution in [0.1, 0.15) is 24.0 Å². The minimum atomic E-state index is 0.746. The van der Waals surface area contributed by atoms with Crippen molar-refractivity contribution < 1.29 is 0 Å². The lowest BCUT2D eigenvalue weighted by molar-refractivity contribution is 0.406. The minimum absolute atomic E-state index is 0.746. The Hall–Kier alpha value is -0.530. The molecular formula is C13H16ClN. The zero-order valence-corrected chi connectivity index (χ0v) is 9.56. The number of fused-ring (bicyclic) bond motifs is 1. The van der Waals surface area contributed by atoms with Gasteiger partial charge in [-0.3, -0.25) is 0 Å². The SMILES string of the molecule is Clc1ccc2c(c1)CC(C1CCCN1)C2. The Balaban J connectivity index is 1.79. The summed E-state index contributed by atoms with van der Waals surface area (Å²) in [6.07, 6.45) is 5.16. The first-order valence-electron chi connectivity index (χ1n) is 5.83. The molecule has 2 aliphatic rings. The lowest BCUT2D eigenvalue weighted by Crippen LogP contribution is -2.30. The van der Waals surface area contributed by atoms with E-state index in [1.54, 1.807) is 0 Å². The summed E-state index contributed by atoms with van der Waals surface area (Å²) in [4.78, 5) is 0. The topological polar surface area (TPSA) is 12.0 Å². The first-order valence-corrected chi connectivity index (χ1v) is 6.21. The van der Waals surface area contributed by atoms with Gasteiger partial charge in [-0.1, -0.05) is 17.7 Å². The smallest absolute Gasteiger partial charge is 0.0408 e. The van der Waals surface area contributed by atoms with Gasteiger partial charge in [0.05, 0.1) is 0 Å².